The molecule has 0 atom stereocenters. The van der Waals surface area contributed by atoms with Crippen LogP contribution in [0.2, 0.25) is 0 Å². The minimum atomic E-state index is -0.0680. The fourth-order valence-corrected chi connectivity index (χ4v) is 2.42. The van der Waals surface area contributed by atoms with Crippen LogP contribution in [0.15, 0.2) is 46.9 Å². The van der Waals surface area contributed by atoms with E-state index in [1.54, 1.807) is 37.3 Å². The molecule has 2 aromatic rings. The third kappa shape index (κ3) is 3.55. The smallest absolute Gasteiger partial charge is 0.253 e. The molecule has 5 heteroatoms. The minimum absolute atomic E-state index is 0.0680. The number of carbonyl (C=O) groups is 1. The number of hydrogen-bond donors (Lipinski definition) is 1. The van der Waals surface area contributed by atoms with Gasteiger partial charge in [0.1, 0.15) is 5.75 Å². The SMILES string of the molecule is COc1ccccc1CN(C)C(=O)c1ccc(N)c(Br)c1. The summed E-state index contributed by atoms with van der Waals surface area (Å²) in [4.78, 5) is 14.1. The quantitative estimate of drug-likeness (QED) is 0.862. The standard InChI is InChI=1S/C16H17BrN2O2/c1-19(10-12-5-3-4-6-15(12)21-2)16(20)11-7-8-14(18)13(17)9-11/h3-9H,10,18H2,1-2H3. The van der Waals surface area contributed by atoms with Crippen LogP contribution >= 0.6 is 15.9 Å². The van der Waals surface area contributed by atoms with Crippen molar-refractivity contribution in [1.29, 1.82) is 0 Å². The van der Waals surface area contributed by atoms with Crippen molar-refractivity contribution in [3.05, 3.63) is 58.1 Å². The molecule has 0 aliphatic rings. The molecule has 0 saturated heterocycles. The summed E-state index contributed by atoms with van der Waals surface area (Å²) in [5, 5.41) is 0. The highest BCUT2D eigenvalue weighted by atomic mass is 79.9. The van der Waals surface area contributed by atoms with Crippen LogP contribution in [0.3, 0.4) is 0 Å². The topological polar surface area (TPSA) is 55.6 Å². The van der Waals surface area contributed by atoms with E-state index in [0.29, 0.717) is 17.8 Å². The molecule has 1 amide bonds. The Hall–Kier alpha value is -2.01. The van der Waals surface area contributed by atoms with Crippen LogP contribution in [0.1, 0.15) is 15.9 Å². The monoisotopic (exact) mass is 348 g/mol. The van der Waals surface area contributed by atoms with Gasteiger partial charge in [-0.05, 0) is 40.2 Å². The van der Waals surface area contributed by atoms with Crippen molar-refractivity contribution in [3.63, 3.8) is 0 Å². The molecule has 2 N–H and O–H groups in total. The molecule has 110 valence electrons. The number of para-hydroxylation sites is 1. The molecule has 0 bridgehead atoms. The molecule has 0 fully saturated rings. The number of methoxy groups -OCH3 is 1. The Morgan fingerprint density at radius 1 is 1.29 bits per heavy atom. The van der Waals surface area contributed by atoms with E-state index >= 15 is 0 Å². The second kappa shape index (κ2) is 6.63. The van der Waals surface area contributed by atoms with E-state index in [1.807, 2.05) is 24.3 Å². The van der Waals surface area contributed by atoms with Gasteiger partial charge in [-0.25, -0.2) is 0 Å². The lowest BCUT2D eigenvalue weighted by Gasteiger charge is -2.19. The van der Waals surface area contributed by atoms with Crippen LogP contribution in [-0.2, 0) is 6.54 Å². The van der Waals surface area contributed by atoms with Gasteiger partial charge < -0.3 is 15.4 Å². The van der Waals surface area contributed by atoms with Crippen molar-refractivity contribution in [2.45, 2.75) is 6.54 Å². The summed E-state index contributed by atoms with van der Waals surface area (Å²) in [5.41, 5.74) is 7.90. The Bertz CT molecular complexity index is 658. The van der Waals surface area contributed by atoms with Crippen LogP contribution in [-0.4, -0.2) is 25.0 Å². The molecule has 0 radical (unpaired) electrons. The van der Waals surface area contributed by atoms with Gasteiger partial charge in [0.2, 0.25) is 0 Å². The van der Waals surface area contributed by atoms with Gasteiger partial charge in [-0.15, -0.1) is 0 Å². The van der Waals surface area contributed by atoms with Crippen LogP contribution in [0.25, 0.3) is 0 Å². The molecule has 0 spiro atoms. The number of nitrogen functional groups attached to an aromatic ring is 1. The minimum Gasteiger partial charge on any atom is -0.496 e. The molecule has 0 aromatic heterocycles. The van der Waals surface area contributed by atoms with E-state index in [4.69, 9.17) is 10.5 Å². The van der Waals surface area contributed by atoms with Crippen molar-refractivity contribution in [3.8, 4) is 5.75 Å². The van der Waals surface area contributed by atoms with E-state index in [-0.39, 0.29) is 5.91 Å². The molecule has 0 aliphatic heterocycles. The first-order valence-electron chi connectivity index (χ1n) is 6.45. The number of carbonyl (C=O) groups excluding carboxylic acids is 1. The average Bonchev–Trinajstić information content (AvgIpc) is 2.49. The van der Waals surface area contributed by atoms with E-state index < -0.39 is 0 Å². The number of amides is 1. The van der Waals surface area contributed by atoms with Crippen molar-refractivity contribution in [2.75, 3.05) is 19.9 Å². The molecule has 0 heterocycles. The van der Waals surface area contributed by atoms with Crippen LogP contribution in [0, 0.1) is 0 Å². The van der Waals surface area contributed by atoms with Gasteiger partial charge in [0.15, 0.2) is 0 Å². The summed E-state index contributed by atoms with van der Waals surface area (Å²) < 4.78 is 6.03. The zero-order valence-corrected chi connectivity index (χ0v) is 13.6. The van der Waals surface area contributed by atoms with Crippen LogP contribution in [0.5, 0.6) is 5.75 Å². The molecule has 0 unspecified atom stereocenters. The fraction of sp³-hybridized carbons (Fsp3) is 0.188. The second-order valence-corrected chi connectivity index (χ2v) is 5.56. The second-order valence-electron chi connectivity index (χ2n) is 4.71. The lowest BCUT2D eigenvalue weighted by atomic mass is 10.1. The highest BCUT2D eigenvalue weighted by Gasteiger charge is 2.14. The van der Waals surface area contributed by atoms with Gasteiger partial charge in [-0.1, -0.05) is 18.2 Å². The zero-order valence-electron chi connectivity index (χ0n) is 12.0. The number of ether oxygens (including phenoxy) is 1. The van der Waals surface area contributed by atoms with Crippen molar-refractivity contribution in [2.24, 2.45) is 0 Å². The lowest BCUT2D eigenvalue weighted by Crippen LogP contribution is -2.26. The highest BCUT2D eigenvalue weighted by Crippen LogP contribution is 2.23. The number of nitrogens with two attached hydrogens (primary N) is 1. The largest absolute Gasteiger partial charge is 0.496 e. The van der Waals surface area contributed by atoms with Gasteiger partial charge in [-0.2, -0.15) is 0 Å². The number of hydrogen-bond acceptors (Lipinski definition) is 3. The van der Waals surface area contributed by atoms with Gasteiger partial charge in [0.05, 0.1) is 7.11 Å². The molecular weight excluding hydrogens is 332 g/mol. The Balaban J connectivity index is 2.17. The summed E-state index contributed by atoms with van der Waals surface area (Å²) in [5.74, 6) is 0.706. The van der Waals surface area contributed by atoms with Crippen molar-refractivity contribution in [1.82, 2.24) is 4.90 Å². The van der Waals surface area contributed by atoms with Gasteiger partial charge in [0.25, 0.3) is 5.91 Å². The Labute approximate surface area is 132 Å². The van der Waals surface area contributed by atoms with E-state index in [9.17, 15) is 4.79 Å². The number of rotatable bonds is 4. The van der Waals surface area contributed by atoms with Crippen molar-refractivity contribution < 1.29 is 9.53 Å². The Morgan fingerprint density at radius 2 is 2.00 bits per heavy atom. The van der Waals surface area contributed by atoms with E-state index in [2.05, 4.69) is 15.9 Å². The van der Waals surface area contributed by atoms with Crippen LogP contribution < -0.4 is 10.5 Å². The van der Waals surface area contributed by atoms with Gasteiger partial charge in [-0.3, -0.25) is 4.79 Å². The zero-order chi connectivity index (χ0) is 15.4. The maximum absolute atomic E-state index is 12.4. The predicted molar refractivity (Wildman–Crippen MR) is 87.3 cm³/mol. The number of halogens is 1. The summed E-state index contributed by atoms with van der Waals surface area (Å²) >= 11 is 3.34. The molecular formula is C16H17BrN2O2. The van der Waals surface area contributed by atoms with Crippen molar-refractivity contribution >= 4 is 27.5 Å². The summed E-state index contributed by atoms with van der Waals surface area (Å²) in [7, 11) is 3.39. The van der Waals surface area contributed by atoms with Gasteiger partial charge >= 0.3 is 0 Å². The highest BCUT2D eigenvalue weighted by molar-refractivity contribution is 9.10. The number of benzene rings is 2. The molecule has 0 aliphatic carbocycles. The maximum Gasteiger partial charge on any atom is 0.253 e. The third-order valence-electron chi connectivity index (χ3n) is 3.19. The molecule has 2 rings (SSSR count). The Morgan fingerprint density at radius 3 is 2.67 bits per heavy atom. The summed E-state index contributed by atoms with van der Waals surface area (Å²) in [6.07, 6.45) is 0. The molecule has 4 nitrogen and oxygen atoms in total. The van der Waals surface area contributed by atoms with Gasteiger partial charge in [0, 0.05) is 34.9 Å². The normalized spacial score (nSPS) is 10.2. The number of anilines is 1. The Kier molecular flexibility index (Phi) is 4.85. The molecule has 2 aromatic carbocycles. The first-order chi connectivity index (χ1) is 10.0. The first kappa shape index (κ1) is 15.4. The number of nitrogens with zero attached hydrogens (tertiary/aromatic N) is 1. The van der Waals surface area contributed by atoms with E-state index in [0.717, 1.165) is 15.8 Å². The third-order valence-corrected chi connectivity index (χ3v) is 3.88. The molecule has 0 saturated carbocycles. The molecule has 21 heavy (non-hydrogen) atoms. The summed E-state index contributed by atoms with van der Waals surface area (Å²) in [6, 6.07) is 12.8. The lowest BCUT2D eigenvalue weighted by molar-refractivity contribution is 0.0784. The fourth-order valence-electron chi connectivity index (χ4n) is 2.04. The maximum atomic E-state index is 12.4. The van der Waals surface area contributed by atoms with E-state index in [1.165, 1.54) is 0 Å². The first-order valence-corrected chi connectivity index (χ1v) is 7.24. The predicted octanol–water partition coefficient (Wildman–Crippen LogP) is 3.31. The summed E-state index contributed by atoms with van der Waals surface area (Å²) in [6.45, 7) is 0.477. The average molecular weight is 349 g/mol. The van der Waals surface area contributed by atoms with Crippen LogP contribution in [0.4, 0.5) is 5.69 Å².